The molecule has 1 atom stereocenters. The van der Waals surface area contributed by atoms with E-state index in [1.807, 2.05) is 24.3 Å². The van der Waals surface area contributed by atoms with Crippen LogP contribution in [-0.4, -0.2) is 19.1 Å². The number of nitrogens with two attached hydrogens (primary N) is 1. The first-order valence-corrected chi connectivity index (χ1v) is 5.30. The van der Waals surface area contributed by atoms with Gasteiger partial charge in [0.1, 0.15) is 6.04 Å². The van der Waals surface area contributed by atoms with Crippen molar-refractivity contribution in [2.45, 2.75) is 12.5 Å². The van der Waals surface area contributed by atoms with Crippen molar-refractivity contribution in [1.29, 1.82) is 0 Å². The molecule has 0 aromatic heterocycles. The first-order valence-electron chi connectivity index (χ1n) is 4.22. The normalized spacial score (nSPS) is 12.2. The zero-order chi connectivity index (χ0) is 10.6. The van der Waals surface area contributed by atoms with Gasteiger partial charge < -0.3 is 10.5 Å². The van der Waals surface area contributed by atoms with Crippen molar-refractivity contribution < 1.29 is 9.53 Å². The fraction of sp³-hybridized carbons (Fsp3) is 0.300. The zero-order valence-corrected chi connectivity index (χ0v) is 10.0. The van der Waals surface area contributed by atoms with Gasteiger partial charge in [-0.1, -0.05) is 18.2 Å². The Hall–Kier alpha value is -0.620. The first-order chi connectivity index (χ1) is 6.65. The van der Waals surface area contributed by atoms with Crippen molar-refractivity contribution >= 4 is 28.6 Å². The Balaban J connectivity index is 2.69. The van der Waals surface area contributed by atoms with Crippen molar-refractivity contribution in [2.75, 3.05) is 7.11 Å². The van der Waals surface area contributed by atoms with Crippen molar-refractivity contribution in [2.24, 2.45) is 5.73 Å². The fourth-order valence-corrected chi connectivity index (χ4v) is 1.74. The molecule has 2 N–H and O–H groups in total. The molecule has 3 nitrogen and oxygen atoms in total. The van der Waals surface area contributed by atoms with Gasteiger partial charge in [-0.15, -0.1) is 0 Å². The van der Waals surface area contributed by atoms with E-state index in [4.69, 9.17) is 5.73 Å². The summed E-state index contributed by atoms with van der Waals surface area (Å²) in [5.74, 6) is -0.371. The molecule has 0 saturated heterocycles. The van der Waals surface area contributed by atoms with Gasteiger partial charge >= 0.3 is 5.97 Å². The van der Waals surface area contributed by atoms with Crippen LogP contribution in [0.1, 0.15) is 5.56 Å². The van der Waals surface area contributed by atoms with Gasteiger partial charge in [0.15, 0.2) is 0 Å². The number of carbonyl (C=O) groups excluding carboxylic acids is 1. The van der Waals surface area contributed by atoms with Crippen molar-refractivity contribution in [3.05, 3.63) is 33.4 Å². The Morgan fingerprint density at radius 3 is 2.79 bits per heavy atom. The number of halogens is 1. The van der Waals surface area contributed by atoms with Crippen LogP contribution in [0.2, 0.25) is 0 Å². The van der Waals surface area contributed by atoms with Crippen LogP contribution in [0.5, 0.6) is 0 Å². The number of methoxy groups -OCH3 is 1. The van der Waals surface area contributed by atoms with Crippen LogP contribution in [0.25, 0.3) is 0 Å². The van der Waals surface area contributed by atoms with Crippen LogP contribution in [0.15, 0.2) is 24.3 Å². The third kappa shape index (κ3) is 2.95. The molecule has 1 rings (SSSR count). The van der Waals surface area contributed by atoms with Gasteiger partial charge in [0.25, 0.3) is 0 Å². The van der Waals surface area contributed by atoms with Crippen LogP contribution in [0.3, 0.4) is 0 Å². The third-order valence-corrected chi connectivity index (χ3v) is 2.95. The average molecular weight is 305 g/mol. The molecule has 0 saturated carbocycles. The molecule has 0 spiro atoms. The molecule has 0 heterocycles. The maximum Gasteiger partial charge on any atom is 0.322 e. The highest BCUT2D eigenvalue weighted by molar-refractivity contribution is 14.1. The van der Waals surface area contributed by atoms with Crippen LogP contribution in [-0.2, 0) is 16.0 Å². The molecule has 0 amide bonds. The lowest BCUT2D eigenvalue weighted by molar-refractivity contribution is -0.142. The van der Waals surface area contributed by atoms with Crippen LogP contribution >= 0.6 is 22.6 Å². The van der Waals surface area contributed by atoms with E-state index in [1.165, 1.54) is 7.11 Å². The van der Waals surface area contributed by atoms with Gasteiger partial charge in [-0.3, -0.25) is 4.79 Å². The maximum absolute atomic E-state index is 11.1. The smallest absolute Gasteiger partial charge is 0.322 e. The molecule has 0 radical (unpaired) electrons. The summed E-state index contributed by atoms with van der Waals surface area (Å²) >= 11 is 2.22. The molecule has 14 heavy (non-hydrogen) atoms. The largest absolute Gasteiger partial charge is 0.468 e. The Bertz CT molecular complexity index is 328. The highest BCUT2D eigenvalue weighted by Crippen LogP contribution is 2.13. The summed E-state index contributed by atoms with van der Waals surface area (Å²) in [6.07, 6.45) is 0.520. The van der Waals surface area contributed by atoms with E-state index in [1.54, 1.807) is 0 Å². The monoisotopic (exact) mass is 305 g/mol. The minimum absolute atomic E-state index is 0.371. The number of hydrogen-bond acceptors (Lipinski definition) is 3. The van der Waals surface area contributed by atoms with Crippen molar-refractivity contribution in [3.63, 3.8) is 0 Å². The van der Waals surface area contributed by atoms with E-state index < -0.39 is 6.04 Å². The van der Waals surface area contributed by atoms with Crippen LogP contribution < -0.4 is 5.73 Å². The minimum Gasteiger partial charge on any atom is -0.468 e. The summed E-state index contributed by atoms with van der Waals surface area (Å²) in [4.78, 5) is 11.1. The molecule has 4 heteroatoms. The molecule has 76 valence electrons. The quantitative estimate of drug-likeness (QED) is 0.677. The molecular weight excluding hydrogens is 293 g/mol. The number of rotatable bonds is 3. The number of hydrogen-bond donors (Lipinski definition) is 1. The van der Waals surface area contributed by atoms with Gasteiger partial charge in [0, 0.05) is 3.57 Å². The van der Waals surface area contributed by atoms with E-state index in [2.05, 4.69) is 27.3 Å². The maximum atomic E-state index is 11.1. The molecule has 0 aliphatic carbocycles. The predicted octanol–water partition coefficient (Wildman–Crippen LogP) is 1.33. The van der Waals surface area contributed by atoms with Gasteiger partial charge in [-0.25, -0.2) is 0 Å². The lowest BCUT2D eigenvalue weighted by Gasteiger charge is -2.10. The number of carbonyl (C=O) groups is 1. The van der Waals surface area contributed by atoms with E-state index >= 15 is 0 Å². The van der Waals surface area contributed by atoms with Crippen molar-refractivity contribution in [1.82, 2.24) is 0 Å². The Kier molecular flexibility index (Phi) is 4.34. The zero-order valence-electron chi connectivity index (χ0n) is 7.87. The topological polar surface area (TPSA) is 52.3 Å². The lowest BCUT2D eigenvalue weighted by Crippen LogP contribution is -2.33. The second kappa shape index (κ2) is 5.31. The van der Waals surface area contributed by atoms with E-state index in [9.17, 15) is 4.79 Å². The Morgan fingerprint density at radius 2 is 2.21 bits per heavy atom. The molecule has 0 aliphatic heterocycles. The summed E-state index contributed by atoms with van der Waals surface area (Å²) in [5.41, 5.74) is 6.73. The Morgan fingerprint density at radius 1 is 1.57 bits per heavy atom. The number of ether oxygens (including phenoxy) is 1. The molecule has 1 aromatic rings. The molecule has 0 bridgehead atoms. The number of esters is 1. The molecular formula is C10H12INO2. The fourth-order valence-electron chi connectivity index (χ4n) is 1.14. The molecule has 1 aromatic carbocycles. The van der Waals surface area contributed by atoms with Gasteiger partial charge in [-0.05, 0) is 40.6 Å². The summed E-state index contributed by atoms with van der Waals surface area (Å²) in [6.45, 7) is 0. The average Bonchev–Trinajstić information content (AvgIpc) is 2.20. The van der Waals surface area contributed by atoms with Crippen LogP contribution in [0, 0.1) is 3.57 Å². The van der Waals surface area contributed by atoms with Gasteiger partial charge in [0.05, 0.1) is 7.11 Å². The lowest BCUT2D eigenvalue weighted by atomic mass is 10.1. The summed E-state index contributed by atoms with van der Waals surface area (Å²) in [5, 5.41) is 0. The minimum atomic E-state index is -0.573. The second-order valence-electron chi connectivity index (χ2n) is 2.93. The van der Waals surface area contributed by atoms with Gasteiger partial charge in [0.2, 0.25) is 0 Å². The standard InChI is InChI=1S/C10H12INO2/c1-14-10(13)9(12)6-7-4-2-3-5-8(7)11/h2-5,9H,6,12H2,1H3/t9-/m0/s1. The highest BCUT2D eigenvalue weighted by Gasteiger charge is 2.14. The number of benzene rings is 1. The summed E-state index contributed by atoms with van der Waals surface area (Å²) in [6, 6.07) is 7.26. The van der Waals surface area contributed by atoms with Crippen LogP contribution in [0.4, 0.5) is 0 Å². The highest BCUT2D eigenvalue weighted by atomic mass is 127. The third-order valence-electron chi connectivity index (χ3n) is 1.90. The van der Waals surface area contributed by atoms with Gasteiger partial charge in [-0.2, -0.15) is 0 Å². The molecule has 0 unspecified atom stereocenters. The van der Waals surface area contributed by atoms with E-state index in [0.29, 0.717) is 6.42 Å². The van der Waals surface area contributed by atoms with E-state index in [-0.39, 0.29) is 5.97 Å². The summed E-state index contributed by atoms with van der Waals surface area (Å²) < 4.78 is 5.67. The second-order valence-corrected chi connectivity index (χ2v) is 4.09. The molecule has 0 aliphatic rings. The van der Waals surface area contributed by atoms with E-state index in [0.717, 1.165) is 9.13 Å². The molecule has 0 fully saturated rings. The Labute approximate surface area is 96.8 Å². The summed E-state index contributed by atoms with van der Waals surface area (Å²) in [7, 11) is 1.35. The van der Waals surface area contributed by atoms with Crippen molar-refractivity contribution in [3.8, 4) is 0 Å². The predicted molar refractivity (Wildman–Crippen MR) is 62.9 cm³/mol. The SMILES string of the molecule is COC(=O)[C@@H](N)Cc1ccccc1I. The first kappa shape index (κ1) is 11.5.